The number of amides is 9. The van der Waals surface area contributed by atoms with Crippen molar-refractivity contribution in [3.05, 3.63) is 0 Å². The highest BCUT2D eigenvalue weighted by Gasteiger charge is 2.40. The van der Waals surface area contributed by atoms with Crippen molar-refractivity contribution in [1.82, 2.24) is 42.1 Å². The predicted molar refractivity (Wildman–Crippen MR) is 235 cm³/mol. The lowest BCUT2D eigenvalue weighted by molar-refractivity contribution is -0.142. The van der Waals surface area contributed by atoms with E-state index in [0.29, 0.717) is 51.6 Å². The standard InChI is InChI=1S/C41H74N12O10/c1-9-15-26(48-39(62)33(24(7)54)52-38(61)32(23(6)11-3)51-35(58)27(47-25(8)55)18-19-30(42)56)34(57)50-31(22(5)10-2)37(60)49-28(16-13-20-46-41(43)44)40(63)53-21-14-17-29(53)36(59)45-12-4/h22-24,26-29,31-33,54H,9-21H2,1-8H3,(H2,42,56)(H,45,59)(H,47,55)(H,48,62)(H,49,60)(H,50,57)(H,51,58)(H,52,61)(H4,43,44,46)/t22-,23-,24+,26-,27-,28-,29-,31-,32+,33-/m0/s1. The Labute approximate surface area is 370 Å². The Morgan fingerprint density at radius 1 is 0.683 bits per heavy atom. The highest BCUT2D eigenvalue weighted by Crippen LogP contribution is 2.21. The third-order valence-corrected chi connectivity index (χ3v) is 11.0. The van der Waals surface area contributed by atoms with Gasteiger partial charge in [-0.3, -0.25) is 48.1 Å². The molecule has 1 rings (SSSR count). The van der Waals surface area contributed by atoms with Gasteiger partial charge in [0.1, 0.15) is 42.3 Å². The van der Waals surface area contributed by atoms with Gasteiger partial charge in [0.25, 0.3) is 0 Å². The van der Waals surface area contributed by atoms with Crippen LogP contribution in [0, 0.1) is 11.8 Å². The SMILES string of the molecule is CCC[C@H](NC(=O)[C@@H](NC(=O)[C@H](NC(=O)[C@H](CCC(N)=O)NC(C)=O)[C@@H](C)CC)[C@@H](C)O)C(=O)N[C@H](C(=O)N[C@@H](CCCN=C(N)N)C(=O)N1CCC[C@H]1C(=O)NCC)[C@@H](C)CC. The van der Waals surface area contributed by atoms with E-state index in [1.165, 1.54) is 18.7 Å². The number of hydrogen-bond donors (Lipinski definition) is 11. The van der Waals surface area contributed by atoms with Gasteiger partial charge >= 0.3 is 0 Å². The molecule has 0 aromatic heterocycles. The molecule has 1 aliphatic rings. The van der Waals surface area contributed by atoms with Crippen molar-refractivity contribution in [3.8, 4) is 0 Å². The summed E-state index contributed by atoms with van der Waals surface area (Å²) in [6, 6.07) is -8.29. The minimum atomic E-state index is -1.61. The van der Waals surface area contributed by atoms with Crippen LogP contribution in [-0.2, 0) is 43.2 Å². The molecule has 14 N–H and O–H groups in total. The summed E-state index contributed by atoms with van der Waals surface area (Å²) in [5.74, 6) is -7.08. The number of hydrogen-bond acceptors (Lipinski definition) is 11. The number of carbonyl (C=O) groups excluding carboxylic acids is 9. The Morgan fingerprint density at radius 2 is 1.19 bits per heavy atom. The molecule has 358 valence electrons. The van der Waals surface area contributed by atoms with Crippen LogP contribution in [0.5, 0.6) is 0 Å². The number of likely N-dealkylation sites (tertiary alicyclic amines) is 1. The molecule has 0 saturated carbocycles. The van der Waals surface area contributed by atoms with E-state index in [0.717, 1.165) is 0 Å². The van der Waals surface area contributed by atoms with Gasteiger partial charge in [0, 0.05) is 33.0 Å². The zero-order valence-electron chi connectivity index (χ0n) is 38.2. The van der Waals surface area contributed by atoms with Crippen LogP contribution in [0.2, 0.25) is 0 Å². The van der Waals surface area contributed by atoms with Crippen molar-refractivity contribution >= 4 is 59.1 Å². The molecular formula is C41H74N12O10. The van der Waals surface area contributed by atoms with Crippen LogP contribution in [0.4, 0.5) is 0 Å². The second kappa shape index (κ2) is 28.2. The molecule has 0 spiro atoms. The van der Waals surface area contributed by atoms with Crippen molar-refractivity contribution < 1.29 is 48.3 Å². The number of nitrogens with zero attached hydrogens (tertiary/aromatic N) is 2. The van der Waals surface area contributed by atoms with E-state index in [4.69, 9.17) is 17.2 Å². The van der Waals surface area contributed by atoms with E-state index in [-0.39, 0.29) is 44.1 Å². The van der Waals surface area contributed by atoms with E-state index >= 15 is 0 Å². The van der Waals surface area contributed by atoms with Gasteiger partial charge in [-0.2, -0.15) is 0 Å². The summed E-state index contributed by atoms with van der Waals surface area (Å²) >= 11 is 0. The first-order chi connectivity index (χ1) is 29.6. The smallest absolute Gasteiger partial charge is 0.245 e. The second-order valence-corrected chi connectivity index (χ2v) is 16.2. The summed E-state index contributed by atoms with van der Waals surface area (Å²) in [4.78, 5) is 124. The van der Waals surface area contributed by atoms with Crippen LogP contribution in [0.15, 0.2) is 4.99 Å². The van der Waals surface area contributed by atoms with Gasteiger partial charge < -0.3 is 64.4 Å². The van der Waals surface area contributed by atoms with Crippen molar-refractivity contribution in [3.63, 3.8) is 0 Å². The number of nitrogens with one attached hydrogen (secondary N) is 7. The Morgan fingerprint density at radius 3 is 1.67 bits per heavy atom. The van der Waals surface area contributed by atoms with Crippen LogP contribution in [0.3, 0.4) is 0 Å². The number of guanidine groups is 1. The minimum Gasteiger partial charge on any atom is -0.391 e. The molecule has 0 radical (unpaired) electrons. The second-order valence-electron chi connectivity index (χ2n) is 16.2. The molecule has 0 aromatic rings. The van der Waals surface area contributed by atoms with E-state index in [2.05, 4.69) is 42.2 Å². The summed E-state index contributed by atoms with van der Waals surface area (Å²) in [6.07, 6.45) is 0.936. The van der Waals surface area contributed by atoms with Crippen molar-refractivity contribution in [1.29, 1.82) is 0 Å². The van der Waals surface area contributed by atoms with Crippen LogP contribution in [-0.4, -0.2) is 137 Å². The maximum Gasteiger partial charge on any atom is 0.245 e. The van der Waals surface area contributed by atoms with Crippen LogP contribution in [0.1, 0.15) is 120 Å². The predicted octanol–water partition coefficient (Wildman–Crippen LogP) is -2.37. The molecule has 0 aliphatic carbocycles. The lowest BCUT2D eigenvalue weighted by atomic mass is 9.96. The molecule has 10 atom stereocenters. The van der Waals surface area contributed by atoms with E-state index in [1.807, 2.05) is 6.92 Å². The summed E-state index contributed by atoms with van der Waals surface area (Å²) in [6.45, 7) is 13.8. The molecule has 1 heterocycles. The Balaban J connectivity index is 3.35. The van der Waals surface area contributed by atoms with Gasteiger partial charge in [-0.25, -0.2) is 0 Å². The van der Waals surface area contributed by atoms with Crippen molar-refractivity contribution in [2.75, 3.05) is 19.6 Å². The average Bonchev–Trinajstić information content (AvgIpc) is 3.72. The molecule has 9 amide bonds. The highest BCUT2D eigenvalue weighted by molar-refractivity contribution is 5.98. The number of aliphatic hydroxyl groups is 1. The normalized spacial score (nSPS) is 17.7. The van der Waals surface area contributed by atoms with Gasteiger partial charge in [0.05, 0.1) is 6.10 Å². The lowest BCUT2D eigenvalue weighted by Crippen LogP contribution is -2.62. The number of likely N-dealkylation sites (N-methyl/N-ethyl adjacent to an activating group) is 1. The first-order valence-electron chi connectivity index (χ1n) is 22.0. The van der Waals surface area contributed by atoms with E-state index in [9.17, 15) is 48.3 Å². The maximum atomic E-state index is 14.1. The topological polar surface area (TPSA) is 352 Å². The number of nitrogens with two attached hydrogens (primary N) is 3. The van der Waals surface area contributed by atoms with Crippen molar-refractivity contribution in [2.24, 2.45) is 34.0 Å². The number of primary amides is 1. The number of rotatable bonds is 28. The van der Waals surface area contributed by atoms with Gasteiger partial charge in [-0.15, -0.1) is 0 Å². The summed E-state index contributed by atoms with van der Waals surface area (Å²) in [5.41, 5.74) is 16.2. The fourth-order valence-electron chi connectivity index (χ4n) is 7.00. The lowest BCUT2D eigenvalue weighted by Gasteiger charge is -2.32. The zero-order valence-corrected chi connectivity index (χ0v) is 38.2. The molecule has 1 saturated heterocycles. The molecule has 1 fully saturated rings. The monoisotopic (exact) mass is 895 g/mol. The van der Waals surface area contributed by atoms with Gasteiger partial charge in [-0.1, -0.05) is 53.9 Å². The summed E-state index contributed by atoms with van der Waals surface area (Å²) in [5, 5.41) is 29.1. The third kappa shape index (κ3) is 18.8. The first kappa shape index (κ1) is 55.5. The molecule has 22 nitrogen and oxygen atoms in total. The summed E-state index contributed by atoms with van der Waals surface area (Å²) < 4.78 is 0. The fraction of sp³-hybridized carbons (Fsp3) is 0.756. The Hall–Kier alpha value is -5.54. The van der Waals surface area contributed by atoms with Crippen LogP contribution in [0.25, 0.3) is 0 Å². The van der Waals surface area contributed by atoms with Crippen molar-refractivity contribution in [2.45, 2.75) is 168 Å². The molecule has 0 bridgehead atoms. The maximum absolute atomic E-state index is 14.1. The number of aliphatic imine (C=N–C) groups is 1. The van der Waals surface area contributed by atoms with Gasteiger partial charge in [0.2, 0.25) is 53.2 Å². The molecule has 22 heteroatoms. The average molecular weight is 895 g/mol. The quantitative estimate of drug-likeness (QED) is 0.0223. The third-order valence-electron chi connectivity index (χ3n) is 11.0. The Bertz CT molecular complexity index is 1610. The highest BCUT2D eigenvalue weighted by atomic mass is 16.3. The Kier molecular flexibility index (Phi) is 24.8. The van der Waals surface area contributed by atoms with E-state index < -0.39 is 107 Å². The molecule has 63 heavy (non-hydrogen) atoms. The van der Waals surface area contributed by atoms with Crippen LogP contribution >= 0.6 is 0 Å². The number of carbonyl (C=O) groups is 9. The first-order valence-corrected chi connectivity index (χ1v) is 22.0. The van der Waals surface area contributed by atoms with Crippen LogP contribution < -0.4 is 54.4 Å². The van der Waals surface area contributed by atoms with E-state index in [1.54, 1.807) is 34.6 Å². The fourth-order valence-corrected chi connectivity index (χ4v) is 7.00. The summed E-state index contributed by atoms with van der Waals surface area (Å²) in [7, 11) is 0. The molecule has 1 aliphatic heterocycles. The molecule has 0 unspecified atom stereocenters. The number of aliphatic hydroxyl groups excluding tert-OH is 1. The van der Waals surface area contributed by atoms with Gasteiger partial charge in [-0.05, 0) is 64.2 Å². The van der Waals surface area contributed by atoms with Gasteiger partial charge in [0.15, 0.2) is 5.96 Å². The largest absolute Gasteiger partial charge is 0.391 e. The minimum absolute atomic E-state index is 0.0936. The molecule has 0 aromatic carbocycles. The molecular weight excluding hydrogens is 821 g/mol. The zero-order chi connectivity index (χ0) is 48.0.